The number of amides is 2. The summed E-state index contributed by atoms with van der Waals surface area (Å²) in [6.45, 7) is -0.208. The van der Waals surface area contributed by atoms with Gasteiger partial charge in [-0.2, -0.15) is 5.26 Å². The lowest BCUT2D eigenvalue weighted by atomic mass is 10.0. The van der Waals surface area contributed by atoms with Gasteiger partial charge in [0.25, 0.3) is 11.8 Å². The van der Waals surface area contributed by atoms with Gasteiger partial charge < -0.3 is 9.47 Å². The number of carbonyl (C=O) groups is 3. The lowest BCUT2D eigenvalue weighted by molar-refractivity contribution is -0.140. The van der Waals surface area contributed by atoms with Gasteiger partial charge in [-0.1, -0.05) is 24.3 Å². The normalized spacial score (nSPS) is 12.5. The maximum Gasteiger partial charge on any atom is 0.343 e. The second-order valence-electron chi connectivity index (χ2n) is 6.84. The number of nitrogens with zero attached hydrogens (tertiary/aromatic N) is 2. The van der Waals surface area contributed by atoms with Crippen molar-refractivity contribution in [3.8, 4) is 28.7 Å². The molecule has 0 aliphatic carbocycles. The maximum atomic E-state index is 12.4. The molecule has 0 aromatic heterocycles. The number of esters is 1. The first-order valence-corrected chi connectivity index (χ1v) is 9.63. The minimum Gasteiger partial charge on any atom is -0.473 e. The van der Waals surface area contributed by atoms with Crippen LogP contribution in [0, 0.1) is 11.3 Å². The summed E-state index contributed by atoms with van der Waals surface area (Å²) in [6, 6.07) is 22.5. The molecule has 156 valence electrons. The Balaban J connectivity index is 1.34. The van der Waals surface area contributed by atoms with Crippen molar-refractivity contribution in [1.82, 2.24) is 4.90 Å². The molecule has 0 fully saturated rings. The van der Waals surface area contributed by atoms with E-state index >= 15 is 0 Å². The summed E-state index contributed by atoms with van der Waals surface area (Å²) in [5.41, 5.74) is 2.79. The molecule has 4 rings (SSSR count). The largest absolute Gasteiger partial charge is 0.473 e. The Morgan fingerprint density at radius 3 is 1.88 bits per heavy atom. The van der Waals surface area contributed by atoms with Crippen molar-refractivity contribution < 1.29 is 23.9 Å². The highest BCUT2D eigenvalue weighted by atomic mass is 16.5. The summed E-state index contributed by atoms with van der Waals surface area (Å²) < 4.78 is 10.8. The van der Waals surface area contributed by atoms with Crippen molar-refractivity contribution in [2.75, 3.05) is 6.73 Å². The summed E-state index contributed by atoms with van der Waals surface area (Å²) in [4.78, 5) is 36.4. The van der Waals surface area contributed by atoms with E-state index in [9.17, 15) is 14.4 Å². The smallest absolute Gasteiger partial charge is 0.343 e. The minimum absolute atomic E-state index is 0.208. The molecule has 1 aliphatic heterocycles. The predicted molar refractivity (Wildman–Crippen MR) is 114 cm³/mol. The highest BCUT2D eigenvalue weighted by Gasteiger charge is 2.23. The Bertz CT molecular complexity index is 1220. The van der Waals surface area contributed by atoms with Crippen molar-refractivity contribution in [3.05, 3.63) is 96.1 Å². The van der Waals surface area contributed by atoms with E-state index in [-0.39, 0.29) is 6.73 Å². The third kappa shape index (κ3) is 4.55. The van der Waals surface area contributed by atoms with Gasteiger partial charge in [-0.15, -0.1) is 0 Å². The molecule has 7 heteroatoms. The Kier molecular flexibility index (Phi) is 5.77. The van der Waals surface area contributed by atoms with Crippen LogP contribution in [0.1, 0.15) is 15.9 Å². The minimum atomic E-state index is -0.531. The van der Waals surface area contributed by atoms with Crippen LogP contribution in [-0.2, 0) is 9.59 Å². The van der Waals surface area contributed by atoms with Crippen LogP contribution in [0.3, 0.4) is 0 Å². The molecule has 1 aliphatic rings. The molecule has 0 radical (unpaired) electrons. The van der Waals surface area contributed by atoms with Crippen molar-refractivity contribution in [3.63, 3.8) is 0 Å². The zero-order chi connectivity index (χ0) is 22.5. The Labute approximate surface area is 183 Å². The number of nitriles is 1. The van der Waals surface area contributed by atoms with Gasteiger partial charge in [-0.25, -0.2) is 9.69 Å². The second kappa shape index (κ2) is 8.98. The van der Waals surface area contributed by atoms with Gasteiger partial charge in [0.05, 0.1) is 17.2 Å². The van der Waals surface area contributed by atoms with Crippen LogP contribution in [0.15, 0.2) is 84.9 Å². The van der Waals surface area contributed by atoms with Crippen LogP contribution < -0.4 is 9.47 Å². The molecule has 3 aromatic rings. The summed E-state index contributed by atoms with van der Waals surface area (Å²) in [7, 11) is 0. The van der Waals surface area contributed by atoms with E-state index in [1.54, 1.807) is 36.4 Å². The fourth-order valence-electron chi connectivity index (χ4n) is 3.00. The molecular weight excluding hydrogens is 408 g/mol. The van der Waals surface area contributed by atoms with Gasteiger partial charge in [0.1, 0.15) is 11.5 Å². The number of benzene rings is 3. The van der Waals surface area contributed by atoms with Crippen LogP contribution in [-0.4, -0.2) is 29.4 Å². The molecule has 0 saturated heterocycles. The number of ether oxygens (including phenoxy) is 2. The van der Waals surface area contributed by atoms with E-state index in [0.29, 0.717) is 22.6 Å². The number of rotatable bonds is 6. The van der Waals surface area contributed by atoms with Gasteiger partial charge in [0.2, 0.25) is 0 Å². The summed E-state index contributed by atoms with van der Waals surface area (Å²) in [6.07, 6.45) is 2.36. The SMILES string of the molecule is N#Cc1ccc(-c2ccc(OC(=O)c3ccc(OCN4C(=O)C=CC4=O)cc3)cc2)cc1. The highest BCUT2D eigenvalue weighted by Crippen LogP contribution is 2.23. The molecule has 7 nitrogen and oxygen atoms in total. The first kappa shape index (κ1) is 20.6. The Morgan fingerprint density at radius 2 is 1.31 bits per heavy atom. The molecule has 0 unspecified atom stereocenters. The predicted octanol–water partition coefficient (Wildman–Crippen LogP) is 3.71. The number of imide groups is 1. The van der Waals surface area contributed by atoms with E-state index in [1.165, 1.54) is 24.3 Å². The molecular formula is C25H16N2O5. The molecule has 0 N–H and O–H groups in total. The van der Waals surface area contributed by atoms with E-state index in [1.807, 2.05) is 24.3 Å². The van der Waals surface area contributed by atoms with Crippen LogP contribution in [0.4, 0.5) is 0 Å². The van der Waals surface area contributed by atoms with Crippen LogP contribution in [0.25, 0.3) is 11.1 Å². The molecule has 3 aromatic carbocycles. The standard InChI is InChI=1S/C25H16N2O5/c26-15-17-1-3-18(4-2-17)19-5-11-22(12-6-19)32-25(30)20-7-9-21(10-8-20)31-16-27-23(28)13-14-24(27)29/h1-14H,16H2. The monoisotopic (exact) mass is 424 g/mol. The van der Waals surface area contributed by atoms with Crippen LogP contribution >= 0.6 is 0 Å². The lowest BCUT2D eigenvalue weighted by Crippen LogP contribution is -2.33. The van der Waals surface area contributed by atoms with Crippen molar-refractivity contribution in [1.29, 1.82) is 5.26 Å². The Hall–Kier alpha value is -4.70. The van der Waals surface area contributed by atoms with E-state index < -0.39 is 17.8 Å². The fourth-order valence-corrected chi connectivity index (χ4v) is 3.00. The van der Waals surface area contributed by atoms with Crippen LogP contribution in [0.2, 0.25) is 0 Å². The molecule has 0 atom stereocenters. The molecule has 0 bridgehead atoms. The van der Waals surface area contributed by atoms with Gasteiger partial charge in [-0.3, -0.25) is 9.59 Å². The molecule has 32 heavy (non-hydrogen) atoms. The first-order valence-electron chi connectivity index (χ1n) is 9.63. The number of hydrogen-bond donors (Lipinski definition) is 0. The molecule has 1 heterocycles. The fraction of sp³-hybridized carbons (Fsp3) is 0.0400. The van der Waals surface area contributed by atoms with Crippen molar-refractivity contribution in [2.45, 2.75) is 0 Å². The quantitative estimate of drug-likeness (QED) is 0.340. The van der Waals surface area contributed by atoms with Crippen molar-refractivity contribution >= 4 is 17.8 Å². The van der Waals surface area contributed by atoms with Crippen LogP contribution in [0.5, 0.6) is 11.5 Å². The average molecular weight is 424 g/mol. The Morgan fingerprint density at radius 1 is 0.781 bits per heavy atom. The zero-order valence-corrected chi connectivity index (χ0v) is 16.7. The summed E-state index contributed by atoms with van der Waals surface area (Å²) in [5, 5.41) is 8.89. The van der Waals surface area contributed by atoms with E-state index in [4.69, 9.17) is 14.7 Å². The van der Waals surface area contributed by atoms with E-state index in [0.717, 1.165) is 16.0 Å². The number of carbonyl (C=O) groups excluding carboxylic acids is 3. The molecule has 0 spiro atoms. The zero-order valence-electron chi connectivity index (χ0n) is 16.7. The first-order chi connectivity index (χ1) is 15.5. The highest BCUT2D eigenvalue weighted by molar-refractivity contribution is 6.12. The maximum absolute atomic E-state index is 12.4. The third-order valence-corrected chi connectivity index (χ3v) is 4.76. The van der Waals surface area contributed by atoms with Gasteiger partial charge >= 0.3 is 5.97 Å². The van der Waals surface area contributed by atoms with Gasteiger partial charge in [0, 0.05) is 12.2 Å². The second-order valence-corrected chi connectivity index (χ2v) is 6.84. The summed E-state index contributed by atoms with van der Waals surface area (Å²) in [5.74, 6) is -0.593. The van der Waals surface area contributed by atoms with Crippen molar-refractivity contribution in [2.24, 2.45) is 0 Å². The van der Waals surface area contributed by atoms with Gasteiger partial charge in [-0.05, 0) is 59.7 Å². The van der Waals surface area contributed by atoms with Gasteiger partial charge in [0.15, 0.2) is 6.73 Å². The summed E-state index contributed by atoms with van der Waals surface area (Å²) >= 11 is 0. The van der Waals surface area contributed by atoms with E-state index in [2.05, 4.69) is 6.07 Å². The average Bonchev–Trinajstić information content (AvgIpc) is 3.15. The topological polar surface area (TPSA) is 96.7 Å². The number of hydrogen-bond acceptors (Lipinski definition) is 6. The molecule has 0 saturated carbocycles. The molecule has 2 amide bonds. The lowest BCUT2D eigenvalue weighted by Gasteiger charge is -2.14. The third-order valence-electron chi connectivity index (χ3n) is 4.76.